The molecule has 6 nitrogen and oxygen atoms in total. The second kappa shape index (κ2) is 6.58. The number of nitrogens with one attached hydrogen (secondary N) is 1. The molecule has 2 amide bonds. The highest BCUT2D eigenvalue weighted by Crippen LogP contribution is 2.19. The Hall–Kier alpha value is -1.30. The fourth-order valence-electron chi connectivity index (χ4n) is 2.30. The summed E-state index contributed by atoms with van der Waals surface area (Å²) in [6.45, 7) is 4.02. The molecule has 0 aromatic heterocycles. The number of aliphatic carboxylic acids is 1. The van der Waals surface area contributed by atoms with E-state index in [0.717, 1.165) is 25.7 Å². The van der Waals surface area contributed by atoms with Gasteiger partial charge < -0.3 is 20.4 Å². The number of rotatable bonds is 4. The lowest BCUT2D eigenvalue weighted by Gasteiger charge is -2.36. The molecule has 0 aromatic carbocycles. The topological polar surface area (TPSA) is 89.9 Å². The van der Waals surface area contributed by atoms with Crippen molar-refractivity contribution >= 4 is 12.0 Å². The van der Waals surface area contributed by atoms with Crippen LogP contribution in [0.1, 0.15) is 39.5 Å². The number of aliphatic hydroxyl groups excluding tert-OH is 1. The Morgan fingerprint density at radius 1 is 1.44 bits per heavy atom. The van der Waals surface area contributed by atoms with Gasteiger partial charge in [0, 0.05) is 12.6 Å². The Morgan fingerprint density at radius 2 is 2.11 bits per heavy atom. The molecule has 0 spiro atoms. The van der Waals surface area contributed by atoms with Crippen LogP contribution in [0.25, 0.3) is 0 Å². The van der Waals surface area contributed by atoms with Crippen LogP contribution in [0.2, 0.25) is 0 Å². The summed E-state index contributed by atoms with van der Waals surface area (Å²) in [7, 11) is 0. The molecule has 104 valence electrons. The first-order chi connectivity index (χ1) is 8.47. The van der Waals surface area contributed by atoms with Crippen LogP contribution in [0.4, 0.5) is 4.79 Å². The third-order valence-electron chi connectivity index (χ3n) is 3.39. The van der Waals surface area contributed by atoms with Crippen LogP contribution in [0.15, 0.2) is 0 Å². The monoisotopic (exact) mass is 258 g/mol. The second-order valence-corrected chi connectivity index (χ2v) is 4.76. The number of nitrogens with zero attached hydrogens (tertiary/aromatic N) is 1. The van der Waals surface area contributed by atoms with E-state index < -0.39 is 24.1 Å². The first-order valence-corrected chi connectivity index (χ1v) is 6.45. The number of piperidine rings is 1. The summed E-state index contributed by atoms with van der Waals surface area (Å²) in [4.78, 5) is 24.6. The molecule has 0 aliphatic carbocycles. The molecule has 6 heteroatoms. The van der Waals surface area contributed by atoms with E-state index in [4.69, 9.17) is 5.11 Å². The Kier molecular flexibility index (Phi) is 5.40. The largest absolute Gasteiger partial charge is 0.480 e. The minimum absolute atomic E-state index is 0.169. The summed E-state index contributed by atoms with van der Waals surface area (Å²) < 4.78 is 0. The van der Waals surface area contributed by atoms with E-state index in [1.807, 2.05) is 6.92 Å². The number of hydrogen-bond acceptors (Lipinski definition) is 3. The molecular formula is C12H22N2O4. The van der Waals surface area contributed by atoms with E-state index in [1.165, 1.54) is 6.92 Å². The van der Waals surface area contributed by atoms with E-state index in [-0.39, 0.29) is 6.04 Å². The highest BCUT2D eigenvalue weighted by atomic mass is 16.4. The molecular weight excluding hydrogens is 236 g/mol. The Bertz CT molecular complexity index is 306. The fraction of sp³-hybridized carbons (Fsp3) is 0.833. The van der Waals surface area contributed by atoms with Gasteiger partial charge in [0.2, 0.25) is 0 Å². The fourth-order valence-corrected chi connectivity index (χ4v) is 2.30. The van der Waals surface area contributed by atoms with Gasteiger partial charge in [-0.2, -0.15) is 0 Å². The van der Waals surface area contributed by atoms with Gasteiger partial charge in [0.25, 0.3) is 0 Å². The van der Waals surface area contributed by atoms with Crippen LogP contribution in [0, 0.1) is 0 Å². The van der Waals surface area contributed by atoms with E-state index in [1.54, 1.807) is 4.90 Å². The number of hydrogen-bond donors (Lipinski definition) is 3. The predicted molar refractivity (Wildman–Crippen MR) is 66.3 cm³/mol. The van der Waals surface area contributed by atoms with Crippen molar-refractivity contribution in [3.05, 3.63) is 0 Å². The molecule has 1 aliphatic rings. The van der Waals surface area contributed by atoms with Crippen LogP contribution < -0.4 is 5.32 Å². The van der Waals surface area contributed by atoms with Crippen molar-refractivity contribution in [1.29, 1.82) is 0 Å². The molecule has 0 bridgehead atoms. The minimum Gasteiger partial charge on any atom is -0.480 e. The lowest BCUT2D eigenvalue weighted by molar-refractivity contribution is -0.141. The number of carbonyl (C=O) groups is 2. The van der Waals surface area contributed by atoms with Gasteiger partial charge in [-0.3, -0.25) is 0 Å². The van der Waals surface area contributed by atoms with Crippen LogP contribution in [-0.2, 0) is 4.79 Å². The molecule has 0 aromatic rings. The molecule has 0 radical (unpaired) electrons. The number of carboxylic acid groups (broad SMARTS) is 1. The highest BCUT2D eigenvalue weighted by molar-refractivity contribution is 5.83. The standard InChI is InChI=1S/C12H22N2O4/c1-3-9-6-4-5-7-14(9)12(18)13-10(8(2)15)11(16)17/h8-10,15H,3-7H2,1-2H3,(H,13,18)(H,16,17). The van der Waals surface area contributed by atoms with Crippen molar-refractivity contribution in [3.8, 4) is 0 Å². The maximum Gasteiger partial charge on any atom is 0.328 e. The average Bonchev–Trinajstić information content (AvgIpc) is 2.34. The number of amides is 2. The van der Waals surface area contributed by atoms with Gasteiger partial charge in [-0.05, 0) is 32.6 Å². The SMILES string of the molecule is CCC1CCCCN1C(=O)NC(C(=O)O)C(C)O. The summed E-state index contributed by atoms with van der Waals surface area (Å²) >= 11 is 0. The summed E-state index contributed by atoms with van der Waals surface area (Å²) in [5.41, 5.74) is 0. The van der Waals surface area contributed by atoms with Crippen molar-refractivity contribution in [1.82, 2.24) is 10.2 Å². The maximum atomic E-state index is 12.0. The molecule has 1 aliphatic heterocycles. The van der Waals surface area contributed by atoms with E-state index in [9.17, 15) is 14.7 Å². The maximum absolute atomic E-state index is 12.0. The summed E-state index contributed by atoms with van der Waals surface area (Å²) in [5, 5.41) is 20.6. The molecule has 1 saturated heterocycles. The molecule has 0 saturated carbocycles. The van der Waals surface area contributed by atoms with E-state index >= 15 is 0 Å². The number of aliphatic hydroxyl groups is 1. The summed E-state index contributed by atoms with van der Waals surface area (Å²) in [6.07, 6.45) is 2.74. The van der Waals surface area contributed by atoms with Gasteiger partial charge in [0.05, 0.1) is 6.10 Å². The van der Waals surface area contributed by atoms with E-state index in [2.05, 4.69) is 5.32 Å². The summed E-state index contributed by atoms with van der Waals surface area (Å²) in [5.74, 6) is -1.22. The van der Waals surface area contributed by atoms with Gasteiger partial charge in [0.1, 0.15) is 0 Å². The van der Waals surface area contributed by atoms with Crippen LogP contribution >= 0.6 is 0 Å². The Morgan fingerprint density at radius 3 is 2.61 bits per heavy atom. The van der Waals surface area contributed by atoms with E-state index in [0.29, 0.717) is 6.54 Å². The van der Waals surface area contributed by atoms with Crippen molar-refractivity contribution in [2.45, 2.75) is 57.7 Å². The first kappa shape index (κ1) is 14.8. The zero-order valence-corrected chi connectivity index (χ0v) is 10.9. The highest BCUT2D eigenvalue weighted by Gasteiger charge is 2.30. The normalized spacial score (nSPS) is 23.3. The molecule has 18 heavy (non-hydrogen) atoms. The number of urea groups is 1. The van der Waals surface area contributed by atoms with Crippen molar-refractivity contribution in [2.75, 3.05) is 6.54 Å². The lowest BCUT2D eigenvalue weighted by Crippen LogP contribution is -2.55. The quantitative estimate of drug-likeness (QED) is 0.695. The van der Waals surface area contributed by atoms with Gasteiger partial charge in [-0.15, -0.1) is 0 Å². The second-order valence-electron chi connectivity index (χ2n) is 4.76. The number of carboxylic acids is 1. The number of likely N-dealkylation sites (tertiary alicyclic amines) is 1. The average molecular weight is 258 g/mol. The third kappa shape index (κ3) is 3.60. The number of carbonyl (C=O) groups excluding carboxylic acids is 1. The van der Waals surface area contributed by atoms with Gasteiger partial charge in [0.15, 0.2) is 6.04 Å². The zero-order chi connectivity index (χ0) is 13.7. The summed E-state index contributed by atoms with van der Waals surface area (Å²) in [6, 6.07) is -1.48. The Labute approximate surface area is 107 Å². The molecule has 3 atom stereocenters. The van der Waals surface area contributed by atoms with Crippen LogP contribution in [0.5, 0.6) is 0 Å². The molecule has 1 heterocycles. The van der Waals surface area contributed by atoms with Crippen molar-refractivity contribution < 1.29 is 19.8 Å². The molecule has 3 N–H and O–H groups in total. The third-order valence-corrected chi connectivity index (χ3v) is 3.39. The lowest BCUT2D eigenvalue weighted by atomic mass is 10.0. The molecule has 1 fully saturated rings. The van der Waals surface area contributed by atoms with Gasteiger partial charge in [-0.1, -0.05) is 6.92 Å². The van der Waals surface area contributed by atoms with Crippen LogP contribution in [0.3, 0.4) is 0 Å². The molecule has 3 unspecified atom stereocenters. The van der Waals surface area contributed by atoms with Gasteiger partial charge >= 0.3 is 12.0 Å². The molecule has 1 rings (SSSR count). The predicted octanol–water partition coefficient (Wildman–Crippen LogP) is 0.794. The first-order valence-electron chi connectivity index (χ1n) is 6.45. The Balaban J connectivity index is 2.64. The minimum atomic E-state index is -1.25. The van der Waals surface area contributed by atoms with Crippen molar-refractivity contribution in [2.24, 2.45) is 0 Å². The van der Waals surface area contributed by atoms with Crippen LogP contribution in [-0.4, -0.2) is 51.8 Å². The van der Waals surface area contributed by atoms with Crippen molar-refractivity contribution in [3.63, 3.8) is 0 Å². The van der Waals surface area contributed by atoms with Gasteiger partial charge in [-0.25, -0.2) is 9.59 Å². The zero-order valence-electron chi connectivity index (χ0n) is 10.9. The smallest absolute Gasteiger partial charge is 0.328 e.